The Labute approximate surface area is 74.5 Å². The maximum Gasteiger partial charge on any atom is 0.0652 e. The first kappa shape index (κ1) is 10.6. The third-order valence-electron chi connectivity index (χ3n) is 1.20. The molecule has 1 nitrogen and oxygen atoms in total. The van der Waals surface area contributed by atoms with Crippen molar-refractivity contribution < 1.29 is 0 Å². The molecule has 0 aliphatic rings. The van der Waals surface area contributed by atoms with Gasteiger partial charge in [-0.1, -0.05) is 31.4 Å². The van der Waals surface area contributed by atoms with Crippen molar-refractivity contribution in [2.24, 2.45) is 4.99 Å². The van der Waals surface area contributed by atoms with Crippen LogP contribution in [-0.4, -0.2) is 6.21 Å². The lowest BCUT2D eigenvalue weighted by Crippen LogP contribution is -1.79. The number of allylic oxidation sites excluding steroid dienone is 5. The van der Waals surface area contributed by atoms with Crippen LogP contribution in [0, 0.1) is 0 Å². The van der Waals surface area contributed by atoms with Gasteiger partial charge in [-0.25, -0.2) is 0 Å². The van der Waals surface area contributed by atoms with E-state index in [1.807, 2.05) is 32.1 Å². The van der Waals surface area contributed by atoms with Gasteiger partial charge in [0, 0.05) is 6.21 Å². The Bertz CT molecular complexity index is 242. The zero-order valence-electron chi connectivity index (χ0n) is 7.75. The van der Waals surface area contributed by atoms with Crippen LogP contribution in [0.5, 0.6) is 0 Å². The maximum atomic E-state index is 4.15. The van der Waals surface area contributed by atoms with Crippen LogP contribution in [0.1, 0.15) is 13.8 Å². The second-order valence-corrected chi connectivity index (χ2v) is 2.37. The summed E-state index contributed by atoms with van der Waals surface area (Å²) in [6.45, 7) is 11.2. The van der Waals surface area contributed by atoms with E-state index < -0.39 is 0 Å². The zero-order chi connectivity index (χ0) is 9.40. The van der Waals surface area contributed by atoms with E-state index >= 15 is 0 Å². The number of rotatable bonds is 4. The molecule has 0 fully saturated rings. The molecule has 0 saturated carbocycles. The molecule has 1 heteroatoms. The molecular formula is C11H15N. The van der Waals surface area contributed by atoms with Crippen LogP contribution in [-0.2, 0) is 0 Å². The van der Waals surface area contributed by atoms with Crippen molar-refractivity contribution in [3.63, 3.8) is 0 Å². The van der Waals surface area contributed by atoms with Crippen molar-refractivity contribution in [1.29, 1.82) is 0 Å². The molecule has 0 radical (unpaired) electrons. The molecule has 64 valence electrons. The fourth-order valence-electron chi connectivity index (χ4n) is 0.616. The van der Waals surface area contributed by atoms with E-state index in [9.17, 15) is 0 Å². The molecule has 0 aromatic carbocycles. The zero-order valence-corrected chi connectivity index (χ0v) is 7.75. The van der Waals surface area contributed by atoms with Gasteiger partial charge in [-0.15, -0.1) is 0 Å². The summed E-state index contributed by atoms with van der Waals surface area (Å²) in [6.07, 6.45) is 9.11. The van der Waals surface area contributed by atoms with Crippen LogP contribution >= 0.6 is 0 Å². The van der Waals surface area contributed by atoms with Gasteiger partial charge in [0.2, 0.25) is 0 Å². The van der Waals surface area contributed by atoms with Gasteiger partial charge in [-0.3, -0.25) is 4.99 Å². The van der Waals surface area contributed by atoms with Gasteiger partial charge >= 0.3 is 0 Å². The molecule has 0 aromatic heterocycles. The predicted molar refractivity (Wildman–Crippen MR) is 56.4 cm³/mol. The van der Waals surface area contributed by atoms with Crippen molar-refractivity contribution in [3.8, 4) is 0 Å². The van der Waals surface area contributed by atoms with E-state index in [1.54, 1.807) is 12.3 Å². The van der Waals surface area contributed by atoms with Crippen LogP contribution in [0.15, 0.2) is 53.7 Å². The largest absolute Gasteiger partial charge is 0.257 e. The van der Waals surface area contributed by atoms with E-state index in [0.717, 1.165) is 11.3 Å². The van der Waals surface area contributed by atoms with Crippen LogP contribution in [0.25, 0.3) is 0 Å². The van der Waals surface area contributed by atoms with Gasteiger partial charge in [0.15, 0.2) is 0 Å². The highest BCUT2D eigenvalue weighted by Crippen LogP contribution is 2.07. The van der Waals surface area contributed by atoms with Crippen molar-refractivity contribution >= 4 is 6.21 Å². The number of aliphatic imine (C=N–C) groups is 1. The smallest absolute Gasteiger partial charge is 0.0652 e. The van der Waals surface area contributed by atoms with Crippen molar-refractivity contribution in [2.45, 2.75) is 13.8 Å². The molecule has 12 heavy (non-hydrogen) atoms. The average Bonchev–Trinajstić information content (AvgIpc) is 2.04. The lowest BCUT2D eigenvalue weighted by Gasteiger charge is -1.96. The molecular weight excluding hydrogens is 146 g/mol. The van der Waals surface area contributed by atoms with Gasteiger partial charge in [0.05, 0.1) is 5.70 Å². The van der Waals surface area contributed by atoms with Crippen LogP contribution in [0.4, 0.5) is 0 Å². The first-order chi connectivity index (χ1) is 5.72. The first-order valence-corrected chi connectivity index (χ1v) is 3.86. The molecule has 0 N–H and O–H groups in total. The summed E-state index contributed by atoms with van der Waals surface area (Å²) in [4.78, 5) is 4.15. The van der Waals surface area contributed by atoms with Crippen LogP contribution < -0.4 is 0 Å². The molecule has 0 spiro atoms. The Morgan fingerprint density at radius 3 is 2.50 bits per heavy atom. The topological polar surface area (TPSA) is 12.4 Å². The Morgan fingerprint density at radius 1 is 1.42 bits per heavy atom. The summed E-state index contributed by atoms with van der Waals surface area (Å²) >= 11 is 0. The van der Waals surface area contributed by atoms with E-state index in [-0.39, 0.29) is 0 Å². The first-order valence-electron chi connectivity index (χ1n) is 3.86. The van der Waals surface area contributed by atoms with E-state index in [1.165, 1.54) is 0 Å². The quantitative estimate of drug-likeness (QED) is 0.443. The van der Waals surface area contributed by atoms with Gasteiger partial charge in [0.1, 0.15) is 0 Å². The summed E-state index contributed by atoms with van der Waals surface area (Å²) in [7, 11) is 0. The third kappa shape index (κ3) is 4.45. The highest BCUT2D eigenvalue weighted by Gasteiger charge is 1.89. The van der Waals surface area contributed by atoms with Gasteiger partial charge < -0.3 is 0 Å². The molecule has 0 bridgehead atoms. The number of nitrogens with zero attached hydrogens (tertiary/aromatic N) is 1. The summed E-state index contributed by atoms with van der Waals surface area (Å²) in [6, 6.07) is 0. The van der Waals surface area contributed by atoms with Crippen LogP contribution in [0.3, 0.4) is 0 Å². The average molecular weight is 161 g/mol. The van der Waals surface area contributed by atoms with Gasteiger partial charge in [0.25, 0.3) is 0 Å². The molecule has 0 rings (SSSR count). The SMILES string of the molecule is C=CC=N/C(=C/C=C\C)C(=C)C. The maximum absolute atomic E-state index is 4.15. The minimum atomic E-state index is 0.882. The monoisotopic (exact) mass is 161 g/mol. The lowest BCUT2D eigenvalue weighted by molar-refractivity contribution is 1.31. The fraction of sp³-hybridized carbons (Fsp3) is 0.182. The van der Waals surface area contributed by atoms with E-state index in [4.69, 9.17) is 0 Å². The number of hydrogen-bond donors (Lipinski definition) is 0. The lowest BCUT2D eigenvalue weighted by atomic mass is 10.2. The van der Waals surface area contributed by atoms with E-state index in [0.29, 0.717) is 0 Å². The molecule has 0 unspecified atom stereocenters. The molecule has 0 aliphatic heterocycles. The minimum Gasteiger partial charge on any atom is -0.257 e. The molecule has 0 saturated heterocycles. The summed E-state index contributed by atoms with van der Waals surface area (Å²) < 4.78 is 0. The summed E-state index contributed by atoms with van der Waals surface area (Å²) in [5, 5.41) is 0. The predicted octanol–water partition coefficient (Wildman–Crippen LogP) is 3.28. The Hall–Kier alpha value is -1.37. The minimum absolute atomic E-state index is 0.882. The highest BCUT2D eigenvalue weighted by atomic mass is 14.7. The summed E-state index contributed by atoms with van der Waals surface area (Å²) in [5.41, 5.74) is 1.83. The Morgan fingerprint density at radius 2 is 2.08 bits per heavy atom. The normalized spacial score (nSPS) is 12.7. The van der Waals surface area contributed by atoms with Gasteiger partial charge in [-0.05, 0) is 25.5 Å². The third-order valence-corrected chi connectivity index (χ3v) is 1.20. The summed E-state index contributed by atoms with van der Waals surface area (Å²) in [5.74, 6) is 0. The van der Waals surface area contributed by atoms with Gasteiger partial charge in [-0.2, -0.15) is 0 Å². The van der Waals surface area contributed by atoms with Crippen LogP contribution in [0.2, 0.25) is 0 Å². The highest BCUT2D eigenvalue weighted by molar-refractivity contribution is 5.71. The second-order valence-electron chi connectivity index (χ2n) is 2.37. The van der Waals surface area contributed by atoms with E-state index in [2.05, 4.69) is 18.2 Å². The van der Waals surface area contributed by atoms with Crippen molar-refractivity contribution in [2.75, 3.05) is 0 Å². The standard InChI is InChI=1S/C11H15N/c1-5-7-8-11(10(3)4)12-9-6-2/h5-9H,2-3H2,1,4H3/b7-5-,11-8+,12-9?. The molecule has 0 heterocycles. The Kier molecular flexibility index (Phi) is 5.62. The molecule has 0 atom stereocenters. The fourth-order valence-corrected chi connectivity index (χ4v) is 0.616. The molecule has 0 aromatic rings. The second kappa shape index (κ2) is 6.35. The number of hydrogen-bond acceptors (Lipinski definition) is 1. The van der Waals surface area contributed by atoms with Crippen molar-refractivity contribution in [3.05, 3.63) is 48.7 Å². The molecule has 0 amide bonds. The Balaban J connectivity index is 4.54. The molecule has 0 aliphatic carbocycles. The van der Waals surface area contributed by atoms with Crippen molar-refractivity contribution in [1.82, 2.24) is 0 Å².